The number of carbonyl (C=O) groups excluding carboxylic acids is 1. The molecule has 1 amide bonds. The Labute approximate surface area is 181 Å². The highest BCUT2D eigenvalue weighted by Gasteiger charge is 2.25. The van der Waals surface area contributed by atoms with Gasteiger partial charge in [0.1, 0.15) is 0 Å². The lowest BCUT2D eigenvalue weighted by Crippen LogP contribution is -2.31. The molecule has 0 saturated heterocycles. The highest BCUT2D eigenvalue weighted by molar-refractivity contribution is 7.92. The van der Waals surface area contributed by atoms with Crippen LogP contribution in [0.5, 0.6) is 0 Å². The number of amides is 1. The summed E-state index contributed by atoms with van der Waals surface area (Å²) in [7, 11) is -3.93. The van der Waals surface area contributed by atoms with Crippen LogP contribution in [0.2, 0.25) is 5.02 Å². The lowest BCUT2D eigenvalue weighted by molar-refractivity contribution is 0.0951. The normalized spacial score (nSPS) is 11.0. The smallest absolute Gasteiger partial charge is 0.264 e. The van der Waals surface area contributed by atoms with Gasteiger partial charge in [0.05, 0.1) is 27.7 Å². The largest absolute Gasteiger partial charge is 0.348 e. The fourth-order valence-electron chi connectivity index (χ4n) is 2.89. The first-order valence-electron chi connectivity index (χ1n) is 9.24. The fraction of sp³-hybridized carbons (Fsp3) is 0.0870. The molecule has 0 fully saturated rings. The Kier molecular flexibility index (Phi) is 6.92. The number of nitrogens with one attached hydrogen (secondary N) is 1. The predicted molar refractivity (Wildman–Crippen MR) is 120 cm³/mol. The Morgan fingerprint density at radius 3 is 2.27 bits per heavy atom. The summed E-state index contributed by atoms with van der Waals surface area (Å²) in [6.45, 7) is 4.05. The molecule has 5 nitrogen and oxygen atoms in total. The lowest BCUT2D eigenvalue weighted by Gasteiger charge is -2.23. The number of nitrogens with zero attached hydrogens (tertiary/aromatic N) is 1. The first kappa shape index (κ1) is 21.6. The van der Waals surface area contributed by atoms with Crippen molar-refractivity contribution in [1.29, 1.82) is 0 Å². The van der Waals surface area contributed by atoms with Gasteiger partial charge in [-0.3, -0.25) is 9.10 Å². The molecule has 154 valence electrons. The summed E-state index contributed by atoms with van der Waals surface area (Å²) >= 11 is 6.20. The number of halogens is 1. The number of para-hydroxylation sites is 1. The van der Waals surface area contributed by atoms with Gasteiger partial charge in [0, 0.05) is 6.54 Å². The van der Waals surface area contributed by atoms with Crippen molar-refractivity contribution in [2.75, 3.05) is 10.8 Å². The second-order valence-electron chi connectivity index (χ2n) is 6.47. The number of benzene rings is 3. The molecule has 0 aliphatic carbocycles. The van der Waals surface area contributed by atoms with Crippen LogP contribution in [0.15, 0.2) is 96.4 Å². The van der Waals surface area contributed by atoms with Crippen molar-refractivity contribution in [1.82, 2.24) is 5.32 Å². The van der Waals surface area contributed by atoms with Crippen LogP contribution < -0.4 is 9.62 Å². The summed E-state index contributed by atoms with van der Waals surface area (Å²) in [6, 6.07) is 22.2. The van der Waals surface area contributed by atoms with E-state index < -0.39 is 15.9 Å². The van der Waals surface area contributed by atoms with E-state index in [1.807, 2.05) is 30.3 Å². The molecule has 0 unspecified atom stereocenters. The lowest BCUT2D eigenvalue weighted by atomic mass is 10.2. The fourth-order valence-corrected chi connectivity index (χ4v) is 4.56. The number of hydrogen-bond donors (Lipinski definition) is 1. The molecule has 0 bridgehead atoms. The minimum absolute atomic E-state index is 0.0255. The van der Waals surface area contributed by atoms with Crippen molar-refractivity contribution in [3.63, 3.8) is 0 Å². The standard InChI is InChI=1S/C23H21ClN2O3S/c1-2-15-26(19-11-7-4-8-12-19)30(28,29)20-13-14-22(24)21(16-20)23(27)25-17-18-9-5-3-6-10-18/h2-14,16H,1,15,17H2,(H,25,27). The van der Waals surface area contributed by atoms with E-state index in [4.69, 9.17) is 11.6 Å². The number of carbonyl (C=O) groups is 1. The third-order valence-electron chi connectivity index (χ3n) is 4.41. The van der Waals surface area contributed by atoms with Crippen LogP contribution in [0, 0.1) is 0 Å². The molecular weight excluding hydrogens is 420 g/mol. The number of rotatable bonds is 8. The Balaban J connectivity index is 1.90. The van der Waals surface area contributed by atoms with Gasteiger partial charge >= 0.3 is 0 Å². The second kappa shape index (κ2) is 9.61. The van der Waals surface area contributed by atoms with Gasteiger partial charge in [0.2, 0.25) is 0 Å². The minimum atomic E-state index is -3.93. The third kappa shape index (κ3) is 4.90. The number of sulfonamides is 1. The van der Waals surface area contributed by atoms with E-state index in [9.17, 15) is 13.2 Å². The van der Waals surface area contributed by atoms with Crippen molar-refractivity contribution in [2.45, 2.75) is 11.4 Å². The van der Waals surface area contributed by atoms with Crippen LogP contribution in [0.1, 0.15) is 15.9 Å². The van der Waals surface area contributed by atoms with Gasteiger partial charge in [0.15, 0.2) is 0 Å². The van der Waals surface area contributed by atoms with Crippen LogP contribution in [0.3, 0.4) is 0 Å². The molecular formula is C23H21ClN2O3S. The van der Waals surface area contributed by atoms with Crippen LogP contribution in [-0.4, -0.2) is 20.9 Å². The predicted octanol–water partition coefficient (Wildman–Crippen LogP) is 4.65. The maximum atomic E-state index is 13.3. The van der Waals surface area contributed by atoms with Gasteiger partial charge in [-0.2, -0.15) is 0 Å². The van der Waals surface area contributed by atoms with Crippen LogP contribution in [0.4, 0.5) is 5.69 Å². The molecule has 0 radical (unpaired) electrons. The van der Waals surface area contributed by atoms with Crippen molar-refractivity contribution < 1.29 is 13.2 Å². The molecule has 0 aliphatic rings. The monoisotopic (exact) mass is 440 g/mol. The Morgan fingerprint density at radius 2 is 1.63 bits per heavy atom. The Hall–Kier alpha value is -3.09. The molecule has 0 saturated carbocycles. The molecule has 3 rings (SSSR count). The molecule has 0 atom stereocenters. The molecule has 3 aromatic rings. The SMILES string of the molecule is C=CCN(c1ccccc1)S(=O)(=O)c1ccc(Cl)c(C(=O)NCc2ccccc2)c1. The minimum Gasteiger partial charge on any atom is -0.348 e. The van der Waals surface area contributed by atoms with Crippen molar-refractivity contribution in [3.8, 4) is 0 Å². The van der Waals surface area contributed by atoms with Crippen LogP contribution in [0.25, 0.3) is 0 Å². The zero-order valence-corrected chi connectivity index (χ0v) is 17.7. The van der Waals surface area contributed by atoms with Gasteiger partial charge in [-0.25, -0.2) is 8.42 Å². The van der Waals surface area contributed by atoms with Gasteiger partial charge in [0.25, 0.3) is 15.9 Å². The van der Waals surface area contributed by atoms with Crippen molar-refractivity contribution in [2.24, 2.45) is 0 Å². The van der Waals surface area contributed by atoms with Crippen molar-refractivity contribution >= 4 is 33.2 Å². The Bertz CT molecular complexity index is 1130. The van der Waals surface area contributed by atoms with E-state index in [0.29, 0.717) is 12.2 Å². The van der Waals surface area contributed by atoms with Gasteiger partial charge < -0.3 is 5.32 Å². The maximum absolute atomic E-state index is 13.3. The van der Waals surface area contributed by atoms with E-state index in [0.717, 1.165) is 5.56 Å². The van der Waals surface area contributed by atoms with Gasteiger partial charge in [-0.1, -0.05) is 66.2 Å². The molecule has 30 heavy (non-hydrogen) atoms. The summed E-state index contributed by atoms with van der Waals surface area (Å²) < 4.78 is 27.8. The Morgan fingerprint density at radius 1 is 1.00 bits per heavy atom. The summed E-state index contributed by atoms with van der Waals surface area (Å²) in [5.41, 5.74) is 1.52. The highest BCUT2D eigenvalue weighted by atomic mass is 35.5. The van der Waals surface area contributed by atoms with E-state index >= 15 is 0 Å². The van der Waals surface area contributed by atoms with E-state index in [2.05, 4.69) is 11.9 Å². The molecule has 0 aliphatic heterocycles. The molecule has 0 spiro atoms. The van der Waals surface area contributed by atoms with Gasteiger partial charge in [-0.15, -0.1) is 6.58 Å². The van der Waals surface area contributed by atoms with Crippen LogP contribution in [-0.2, 0) is 16.6 Å². The first-order valence-corrected chi connectivity index (χ1v) is 11.1. The maximum Gasteiger partial charge on any atom is 0.264 e. The first-order chi connectivity index (χ1) is 14.4. The summed E-state index contributed by atoms with van der Waals surface area (Å²) in [6.07, 6.45) is 1.51. The quantitative estimate of drug-likeness (QED) is 0.518. The molecule has 7 heteroatoms. The average Bonchev–Trinajstić information content (AvgIpc) is 2.77. The summed E-state index contributed by atoms with van der Waals surface area (Å²) in [5, 5.41) is 2.95. The summed E-state index contributed by atoms with van der Waals surface area (Å²) in [5.74, 6) is -0.448. The number of hydrogen-bond acceptors (Lipinski definition) is 3. The van der Waals surface area contributed by atoms with Gasteiger partial charge in [-0.05, 0) is 35.9 Å². The topological polar surface area (TPSA) is 66.5 Å². The molecule has 3 aromatic carbocycles. The zero-order valence-electron chi connectivity index (χ0n) is 16.2. The van der Waals surface area contributed by atoms with Crippen LogP contribution >= 0.6 is 11.6 Å². The second-order valence-corrected chi connectivity index (χ2v) is 8.74. The molecule has 1 N–H and O–H groups in total. The zero-order chi connectivity index (χ0) is 21.6. The third-order valence-corrected chi connectivity index (χ3v) is 6.52. The van der Waals surface area contributed by atoms with Crippen molar-refractivity contribution in [3.05, 3.63) is 108 Å². The summed E-state index contributed by atoms with van der Waals surface area (Å²) in [4.78, 5) is 12.6. The van der Waals surface area contributed by atoms with E-state index in [-0.39, 0.29) is 22.0 Å². The highest BCUT2D eigenvalue weighted by Crippen LogP contribution is 2.26. The molecule has 0 heterocycles. The van der Waals surface area contributed by atoms with E-state index in [1.165, 1.54) is 28.6 Å². The molecule has 0 aromatic heterocycles. The number of anilines is 1. The van der Waals surface area contributed by atoms with E-state index in [1.54, 1.807) is 30.3 Å². The average molecular weight is 441 g/mol.